The van der Waals surface area contributed by atoms with Crippen LogP contribution in [0.2, 0.25) is 0 Å². The molecule has 2 aliphatic rings. The number of carbonyl (C=O) groups excluding carboxylic acids is 2. The molecule has 0 bridgehead atoms. The first-order valence-corrected chi connectivity index (χ1v) is 9.47. The molecule has 0 spiro atoms. The van der Waals surface area contributed by atoms with Crippen molar-refractivity contribution in [3.05, 3.63) is 43.3 Å². The van der Waals surface area contributed by atoms with Crippen molar-refractivity contribution < 1.29 is 14.3 Å². The number of Topliss-reactive ketones (excluding diaryl/α,β-unsaturated/α-hetero) is 1. The molecular weight excluding hydrogens is 390 g/mol. The van der Waals surface area contributed by atoms with Crippen LogP contribution in [0.5, 0.6) is 0 Å². The van der Waals surface area contributed by atoms with Crippen LogP contribution in [0.4, 0.5) is 0 Å². The fraction of sp³-hybridized carbons (Fsp3) is 0.444. The molecule has 4 nitrogen and oxygen atoms in total. The lowest BCUT2D eigenvalue weighted by Crippen LogP contribution is -2.38. The van der Waals surface area contributed by atoms with E-state index in [-0.39, 0.29) is 17.1 Å². The van der Waals surface area contributed by atoms with Crippen molar-refractivity contribution >= 4 is 39.0 Å². The van der Waals surface area contributed by atoms with Crippen molar-refractivity contribution in [2.45, 2.75) is 39.5 Å². The predicted molar refractivity (Wildman–Crippen MR) is 97.7 cm³/mol. The van der Waals surface area contributed by atoms with E-state index in [1.807, 2.05) is 18.4 Å². The summed E-state index contributed by atoms with van der Waals surface area (Å²) in [5.74, 6) is -0.635. The molecular formula is C18H20BrNO3S. The van der Waals surface area contributed by atoms with Crippen molar-refractivity contribution in [1.82, 2.24) is 5.32 Å². The molecule has 24 heavy (non-hydrogen) atoms. The van der Waals surface area contributed by atoms with Crippen LogP contribution in [0.1, 0.15) is 44.4 Å². The monoisotopic (exact) mass is 409 g/mol. The van der Waals surface area contributed by atoms with Crippen LogP contribution in [0.25, 0.3) is 0 Å². The van der Waals surface area contributed by atoms with Crippen LogP contribution in [0.15, 0.2) is 38.5 Å². The number of nitrogens with one attached hydrogen (secondary N) is 1. The molecule has 0 radical (unpaired) electrons. The number of ketones is 1. The summed E-state index contributed by atoms with van der Waals surface area (Å²) in [6.07, 6.45) is 1.28. The van der Waals surface area contributed by atoms with Gasteiger partial charge in [0.15, 0.2) is 5.78 Å². The second-order valence-corrected chi connectivity index (χ2v) is 8.95. The number of esters is 1. The Kier molecular flexibility index (Phi) is 4.47. The summed E-state index contributed by atoms with van der Waals surface area (Å²) in [5.41, 5.74) is 2.87. The first-order valence-electron chi connectivity index (χ1n) is 7.80. The van der Waals surface area contributed by atoms with Gasteiger partial charge in [-0.1, -0.05) is 13.8 Å². The summed E-state index contributed by atoms with van der Waals surface area (Å²) >= 11 is 5.02. The van der Waals surface area contributed by atoms with Crippen molar-refractivity contribution in [2.75, 3.05) is 7.11 Å². The maximum Gasteiger partial charge on any atom is 0.336 e. The Hall–Kier alpha value is -1.40. The van der Waals surface area contributed by atoms with Gasteiger partial charge < -0.3 is 10.1 Å². The Balaban J connectivity index is 2.18. The number of carbonyl (C=O) groups is 2. The highest BCUT2D eigenvalue weighted by Crippen LogP contribution is 2.48. The third kappa shape index (κ3) is 2.97. The molecule has 1 atom stereocenters. The van der Waals surface area contributed by atoms with E-state index in [4.69, 9.17) is 4.74 Å². The molecule has 1 unspecified atom stereocenters. The van der Waals surface area contributed by atoms with Crippen LogP contribution in [0.3, 0.4) is 0 Å². The summed E-state index contributed by atoms with van der Waals surface area (Å²) in [7, 11) is 1.37. The molecule has 0 amide bonds. The van der Waals surface area contributed by atoms with Gasteiger partial charge in [-0.15, -0.1) is 11.3 Å². The van der Waals surface area contributed by atoms with E-state index in [0.29, 0.717) is 12.0 Å². The Morgan fingerprint density at radius 2 is 2.12 bits per heavy atom. The highest BCUT2D eigenvalue weighted by molar-refractivity contribution is 9.10. The summed E-state index contributed by atoms with van der Waals surface area (Å²) in [5, 5.41) is 5.28. The fourth-order valence-corrected chi connectivity index (χ4v) is 5.14. The van der Waals surface area contributed by atoms with Gasteiger partial charge in [0.1, 0.15) is 0 Å². The van der Waals surface area contributed by atoms with Gasteiger partial charge in [0.2, 0.25) is 0 Å². The summed E-state index contributed by atoms with van der Waals surface area (Å²) in [6, 6.07) is 1.98. The average molecular weight is 410 g/mol. The molecule has 3 rings (SSSR count). The highest BCUT2D eigenvalue weighted by atomic mass is 79.9. The van der Waals surface area contributed by atoms with Crippen LogP contribution < -0.4 is 5.32 Å². The van der Waals surface area contributed by atoms with E-state index in [0.717, 1.165) is 32.7 Å². The first kappa shape index (κ1) is 17.4. The van der Waals surface area contributed by atoms with E-state index in [9.17, 15) is 9.59 Å². The Morgan fingerprint density at radius 3 is 2.71 bits per heavy atom. The molecule has 1 aliphatic carbocycles. The number of hydrogen-bond donors (Lipinski definition) is 1. The van der Waals surface area contributed by atoms with Gasteiger partial charge in [0.05, 0.1) is 18.6 Å². The summed E-state index contributed by atoms with van der Waals surface area (Å²) in [4.78, 5) is 26.3. The molecule has 6 heteroatoms. The normalized spacial score (nSPS) is 23.0. The van der Waals surface area contributed by atoms with Crippen LogP contribution in [0, 0.1) is 5.41 Å². The largest absolute Gasteiger partial charge is 0.466 e. The second-order valence-electron chi connectivity index (χ2n) is 7.09. The number of ether oxygens (including phenoxy) is 1. The quantitative estimate of drug-likeness (QED) is 0.740. The molecule has 0 saturated carbocycles. The lowest BCUT2D eigenvalue weighted by Gasteiger charge is -2.39. The lowest BCUT2D eigenvalue weighted by atomic mass is 9.70. The van der Waals surface area contributed by atoms with E-state index < -0.39 is 5.97 Å². The number of dihydropyridines is 1. The first-order chi connectivity index (χ1) is 11.2. The average Bonchev–Trinajstić information content (AvgIpc) is 2.90. The van der Waals surface area contributed by atoms with E-state index in [1.54, 1.807) is 11.3 Å². The van der Waals surface area contributed by atoms with Gasteiger partial charge in [-0.3, -0.25) is 4.79 Å². The van der Waals surface area contributed by atoms with Gasteiger partial charge in [-0.25, -0.2) is 4.79 Å². The SMILES string of the molecule is COC(=O)C1=C(C)NC2=C(C(=O)CC(C)(C)C2)C1c1cc(Br)cs1. The van der Waals surface area contributed by atoms with Crippen molar-refractivity contribution in [2.24, 2.45) is 5.41 Å². The van der Waals surface area contributed by atoms with Crippen LogP contribution >= 0.6 is 27.3 Å². The number of allylic oxidation sites excluding steroid dienone is 3. The minimum Gasteiger partial charge on any atom is -0.466 e. The van der Waals surface area contributed by atoms with Crippen molar-refractivity contribution in [3.8, 4) is 0 Å². The van der Waals surface area contributed by atoms with Gasteiger partial charge in [-0.05, 0) is 40.8 Å². The summed E-state index contributed by atoms with van der Waals surface area (Å²) < 4.78 is 5.95. The standard InChI is InChI=1S/C18H20BrNO3S/c1-9-14(17(22)23-4)16(13-5-10(19)8-24-13)15-11(20-9)6-18(2,3)7-12(15)21/h5,8,16,20H,6-7H2,1-4H3. The minimum atomic E-state index is -0.390. The second kappa shape index (κ2) is 6.15. The summed E-state index contributed by atoms with van der Waals surface area (Å²) in [6.45, 7) is 6.07. The zero-order valence-corrected chi connectivity index (χ0v) is 16.6. The number of halogens is 1. The fourth-order valence-electron chi connectivity index (χ4n) is 3.58. The highest BCUT2D eigenvalue weighted by Gasteiger charge is 2.43. The van der Waals surface area contributed by atoms with E-state index in [1.165, 1.54) is 7.11 Å². The van der Waals surface area contributed by atoms with Crippen molar-refractivity contribution in [1.29, 1.82) is 0 Å². The lowest BCUT2D eigenvalue weighted by molar-refractivity contribution is -0.136. The molecule has 0 aromatic carbocycles. The third-order valence-corrected chi connectivity index (χ3v) is 6.28. The molecule has 1 N–H and O–H groups in total. The molecule has 2 heterocycles. The predicted octanol–water partition coefficient (Wildman–Crippen LogP) is 4.29. The number of methoxy groups -OCH3 is 1. The maximum absolute atomic E-state index is 12.9. The Morgan fingerprint density at radius 1 is 1.42 bits per heavy atom. The van der Waals surface area contributed by atoms with E-state index >= 15 is 0 Å². The molecule has 1 aliphatic heterocycles. The number of rotatable bonds is 2. The molecule has 1 aromatic heterocycles. The third-order valence-electron chi connectivity index (χ3n) is 4.52. The van der Waals surface area contributed by atoms with Gasteiger partial charge >= 0.3 is 5.97 Å². The van der Waals surface area contributed by atoms with Crippen molar-refractivity contribution in [3.63, 3.8) is 0 Å². The maximum atomic E-state index is 12.9. The number of hydrogen-bond acceptors (Lipinski definition) is 5. The van der Waals surface area contributed by atoms with Crippen LogP contribution in [-0.4, -0.2) is 18.9 Å². The Labute approximate surface area is 154 Å². The smallest absolute Gasteiger partial charge is 0.336 e. The zero-order valence-electron chi connectivity index (χ0n) is 14.2. The minimum absolute atomic E-state index is 0.0768. The molecule has 128 valence electrons. The topological polar surface area (TPSA) is 55.4 Å². The van der Waals surface area contributed by atoms with Crippen LogP contribution in [-0.2, 0) is 14.3 Å². The molecule has 1 aromatic rings. The molecule has 0 saturated heterocycles. The van der Waals surface area contributed by atoms with Gasteiger partial charge in [0, 0.05) is 38.1 Å². The molecule has 0 fully saturated rings. The van der Waals surface area contributed by atoms with Gasteiger partial charge in [0.25, 0.3) is 0 Å². The number of thiophene rings is 1. The van der Waals surface area contributed by atoms with Gasteiger partial charge in [-0.2, -0.15) is 0 Å². The van der Waals surface area contributed by atoms with E-state index in [2.05, 4.69) is 35.1 Å². The Bertz CT molecular complexity index is 788. The zero-order chi connectivity index (χ0) is 17.6.